The second-order valence-corrected chi connectivity index (χ2v) is 8.24. The average Bonchev–Trinajstić information content (AvgIpc) is 2.76. The van der Waals surface area contributed by atoms with Gasteiger partial charge >= 0.3 is 0 Å². The minimum atomic E-state index is -0.152. The van der Waals surface area contributed by atoms with Gasteiger partial charge in [-0.15, -0.1) is 5.10 Å². The summed E-state index contributed by atoms with van der Waals surface area (Å²) in [7, 11) is 0. The molecule has 0 saturated heterocycles. The van der Waals surface area contributed by atoms with Crippen molar-refractivity contribution < 1.29 is 0 Å². The molecule has 0 aliphatic carbocycles. The van der Waals surface area contributed by atoms with Gasteiger partial charge in [0.25, 0.3) is 5.56 Å². The summed E-state index contributed by atoms with van der Waals surface area (Å²) in [4.78, 5) is 28.3. The van der Waals surface area contributed by atoms with E-state index in [1.54, 1.807) is 0 Å². The van der Waals surface area contributed by atoms with Crippen molar-refractivity contribution in [2.45, 2.75) is 40.7 Å². The van der Waals surface area contributed by atoms with Gasteiger partial charge in [-0.25, -0.2) is 4.98 Å². The maximum Gasteiger partial charge on any atom is 0.274 e. The van der Waals surface area contributed by atoms with Crippen LogP contribution in [0.2, 0.25) is 0 Å². The quantitative estimate of drug-likeness (QED) is 0.503. The van der Waals surface area contributed by atoms with Crippen molar-refractivity contribution in [3.8, 4) is 11.1 Å². The summed E-state index contributed by atoms with van der Waals surface area (Å²) in [6, 6.07) is 5.77. The van der Waals surface area contributed by atoms with Crippen LogP contribution in [-0.4, -0.2) is 31.1 Å². The van der Waals surface area contributed by atoms with Gasteiger partial charge in [-0.05, 0) is 56.5 Å². The van der Waals surface area contributed by atoms with Crippen molar-refractivity contribution in [1.82, 2.24) is 24.6 Å². The Balaban J connectivity index is 1.57. The van der Waals surface area contributed by atoms with E-state index in [9.17, 15) is 4.79 Å². The lowest BCUT2D eigenvalue weighted by molar-refractivity contribution is 0.684. The molecule has 4 aromatic rings. The van der Waals surface area contributed by atoms with Gasteiger partial charge in [-0.3, -0.25) is 14.8 Å². The molecule has 0 radical (unpaired) electrons. The first-order valence-corrected chi connectivity index (χ1v) is 10.4. The molecule has 1 aliphatic rings. The van der Waals surface area contributed by atoms with Gasteiger partial charge in [-0.2, -0.15) is 4.52 Å². The topological polar surface area (TPSA) is 76.3 Å². The predicted octanol–water partition coefficient (Wildman–Crippen LogP) is 3.34. The third-order valence-electron chi connectivity index (χ3n) is 6.12. The van der Waals surface area contributed by atoms with Crippen LogP contribution in [0, 0.1) is 27.7 Å². The van der Waals surface area contributed by atoms with Gasteiger partial charge < -0.3 is 4.90 Å². The highest BCUT2D eigenvalue weighted by atomic mass is 16.1. The fourth-order valence-corrected chi connectivity index (χ4v) is 4.29. The predicted molar refractivity (Wildman–Crippen MR) is 120 cm³/mol. The summed E-state index contributed by atoms with van der Waals surface area (Å²) in [5.74, 6) is 0.828. The van der Waals surface area contributed by atoms with Crippen LogP contribution in [0.25, 0.3) is 16.8 Å². The minimum absolute atomic E-state index is 0.152. The first-order valence-electron chi connectivity index (χ1n) is 10.4. The maximum atomic E-state index is 12.6. The Bertz CT molecular complexity index is 1390. The largest absolute Gasteiger partial charge is 0.350 e. The van der Waals surface area contributed by atoms with Crippen molar-refractivity contribution in [3.63, 3.8) is 0 Å². The highest BCUT2D eigenvalue weighted by molar-refractivity contribution is 5.67. The van der Waals surface area contributed by atoms with Crippen molar-refractivity contribution in [1.29, 1.82) is 0 Å². The van der Waals surface area contributed by atoms with E-state index < -0.39 is 0 Å². The lowest BCUT2D eigenvalue weighted by Gasteiger charge is -2.31. The first-order chi connectivity index (χ1) is 14.9. The van der Waals surface area contributed by atoms with Crippen molar-refractivity contribution in [2.24, 2.45) is 0 Å². The number of rotatable bonds is 2. The standard InChI is InChI=1S/C24H24N6O/c1-14-11-25-7-5-20(14)18-10-19-13-29(8-6-21(19)26-12-18)24-17(4)16(3)23-27-15(2)9-22(31)30(23)28-24/h5,7,9-12H,6,8,13H2,1-4H3. The van der Waals surface area contributed by atoms with Crippen LogP contribution in [0.1, 0.15) is 33.6 Å². The van der Waals surface area contributed by atoms with Crippen LogP contribution in [0.15, 0.2) is 41.6 Å². The summed E-state index contributed by atoms with van der Waals surface area (Å²) in [6.45, 7) is 9.46. The van der Waals surface area contributed by atoms with Crippen molar-refractivity contribution in [3.05, 3.63) is 80.8 Å². The molecule has 0 bridgehead atoms. The van der Waals surface area contributed by atoms with Crippen LogP contribution in [0.3, 0.4) is 0 Å². The molecule has 0 amide bonds. The van der Waals surface area contributed by atoms with E-state index >= 15 is 0 Å². The summed E-state index contributed by atoms with van der Waals surface area (Å²) in [5, 5.41) is 4.71. The van der Waals surface area contributed by atoms with Gasteiger partial charge in [0, 0.05) is 72.2 Å². The normalized spacial score (nSPS) is 13.5. The molecule has 156 valence electrons. The number of hydrogen-bond donors (Lipinski definition) is 0. The molecule has 5 heterocycles. The molecule has 7 nitrogen and oxygen atoms in total. The Kier molecular flexibility index (Phi) is 4.54. The fraction of sp³-hybridized carbons (Fsp3) is 0.292. The van der Waals surface area contributed by atoms with Crippen LogP contribution in [-0.2, 0) is 13.0 Å². The maximum absolute atomic E-state index is 12.6. The highest BCUT2D eigenvalue weighted by Gasteiger charge is 2.23. The monoisotopic (exact) mass is 412 g/mol. The molecule has 0 spiro atoms. The smallest absolute Gasteiger partial charge is 0.274 e. The number of nitrogens with zero attached hydrogens (tertiary/aromatic N) is 6. The molecular weight excluding hydrogens is 388 g/mol. The third-order valence-corrected chi connectivity index (χ3v) is 6.12. The minimum Gasteiger partial charge on any atom is -0.350 e. The van der Waals surface area contributed by atoms with E-state index in [1.165, 1.54) is 16.1 Å². The number of hydrogen-bond acceptors (Lipinski definition) is 6. The zero-order valence-electron chi connectivity index (χ0n) is 18.2. The average molecular weight is 412 g/mol. The molecule has 0 saturated carbocycles. The van der Waals surface area contributed by atoms with E-state index in [2.05, 4.69) is 34.8 Å². The van der Waals surface area contributed by atoms with Crippen LogP contribution >= 0.6 is 0 Å². The van der Waals surface area contributed by atoms with Gasteiger partial charge in [0.2, 0.25) is 0 Å². The Hall–Kier alpha value is -3.61. The van der Waals surface area contributed by atoms with E-state index in [0.29, 0.717) is 17.9 Å². The number of pyridine rings is 2. The molecule has 7 heteroatoms. The van der Waals surface area contributed by atoms with Gasteiger partial charge in [0.1, 0.15) is 0 Å². The zero-order valence-corrected chi connectivity index (χ0v) is 18.2. The third kappa shape index (κ3) is 3.26. The summed E-state index contributed by atoms with van der Waals surface area (Å²) in [6.07, 6.45) is 6.48. The number of aryl methyl sites for hydroxylation is 3. The lowest BCUT2D eigenvalue weighted by atomic mass is 9.98. The number of fused-ring (bicyclic) bond motifs is 2. The SMILES string of the molecule is Cc1cc(=O)n2nc(N3CCc4ncc(-c5ccncc5C)cc4C3)c(C)c(C)c2n1. The van der Waals surface area contributed by atoms with E-state index in [1.807, 2.05) is 38.5 Å². The molecule has 31 heavy (non-hydrogen) atoms. The van der Waals surface area contributed by atoms with Crippen molar-refractivity contribution in [2.75, 3.05) is 11.4 Å². The second kappa shape index (κ2) is 7.27. The molecule has 1 aliphatic heterocycles. The van der Waals surface area contributed by atoms with Crippen LogP contribution in [0.5, 0.6) is 0 Å². The number of aromatic nitrogens is 5. The molecule has 0 aromatic carbocycles. The Labute approximate surface area is 180 Å². The molecular formula is C24H24N6O. The van der Waals surface area contributed by atoms with Gasteiger partial charge in [0.15, 0.2) is 11.5 Å². The van der Waals surface area contributed by atoms with Crippen LogP contribution in [0.4, 0.5) is 5.82 Å². The Morgan fingerprint density at radius 3 is 2.68 bits per heavy atom. The Morgan fingerprint density at radius 2 is 1.87 bits per heavy atom. The summed E-state index contributed by atoms with van der Waals surface area (Å²) in [5.41, 5.74) is 8.89. The van der Waals surface area contributed by atoms with E-state index in [-0.39, 0.29) is 5.56 Å². The van der Waals surface area contributed by atoms with E-state index in [4.69, 9.17) is 10.1 Å². The molecule has 0 unspecified atom stereocenters. The summed E-state index contributed by atoms with van der Waals surface area (Å²) < 4.78 is 1.43. The molecule has 0 atom stereocenters. The van der Waals surface area contributed by atoms with E-state index in [0.717, 1.165) is 52.3 Å². The molecule has 0 fully saturated rings. The lowest BCUT2D eigenvalue weighted by Crippen LogP contribution is -2.34. The van der Waals surface area contributed by atoms with Crippen molar-refractivity contribution >= 4 is 11.5 Å². The molecule has 5 rings (SSSR count). The van der Waals surface area contributed by atoms with Gasteiger partial charge in [0.05, 0.1) is 0 Å². The van der Waals surface area contributed by atoms with Gasteiger partial charge in [-0.1, -0.05) is 0 Å². The first kappa shape index (κ1) is 19.4. The summed E-state index contributed by atoms with van der Waals surface area (Å²) >= 11 is 0. The molecule has 4 aromatic heterocycles. The fourth-order valence-electron chi connectivity index (χ4n) is 4.29. The second-order valence-electron chi connectivity index (χ2n) is 8.24. The number of anilines is 1. The zero-order chi connectivity index (χ0) is 21.7. The molecule has 0 N–H and O–H groups in total. The Morgan fingerprint density at radius 1 is 1.03 bits per heavy atom. The highest BCUT2D eigenvalue weighted by Crippen LogP contribution is 2.30. The van der Waals surface area contributed by atoms with Crippen LogP contribution < -0.4 is 10.5 Å².